The summed E-state index contributed by atoms with van der Waals surface area (Å²) < 4.78 is 339. The first-order valence-electron chi connectivity index (χ1n) is 42.7. The lowest BCUT2D eigenvalue weighted by molar-refractivity contribution is -0.165. The van der Waals surface area contributed by atoms with Gasteiger partial charge in [-0.25, -0.2) is 70.0 Å². The summed E-state index contributed by atoms with van der Waals surface area (Å²) in [7, 11) is -14.6. The zero-order valence-corrected chi connectivity index (χ0v) is 78.2. The molecule has 6 saturated carbocycles. The van der Waals surface area contributed by atoms with E-state index in [1.165, 1.54) is 64.1 Å². The summed E-state index contributed by atoms with van der Waals surface area (Å²) in [5.74, 6) is -13.0. The van der Waals surface area contributed by atoms with Crippen molar-refractivity contribution >= 4 is 63.0 Å². The van der Waals surface area contributed by atoms with E-state index < -0.39 is 157 Å². The van der Waals surface area contributed by atoms with Crippen molar-refractivity contribution in [3.8, 4) is 23.0 Å². The number of hydrogen-bond acceptors (Lipinski definition) is 26. The zero-order valence-electron chi connectivity index (χ0n) is 75.0. The van der Waals surface area contributed by atoms with Crippen molar-refractivity contribution in [1.82, 2.24) is 49.9 Å². The number of carbonyl (C=O) groups excluding carboxylic acids is 4. The molecule has 11 unspecified atom stereocenters. The van der Waals surface area contributed by atoms with Gasteiger partial charge >= 0.3 is 18.5 Å². The highest BCUT2D eigenvalue weighted by Gasteiger charge is 2.72. The van der Waals surface area contributed by atoms with Crippen LogP contribution >= 0.6 is 0 Å². The number of aromatic nitrogens is 6. The van der Waals surface area contributed by atoms with E-state index in [4.69, 9.17) is 36.7 Å². The molecule has 8 heterocycles. The van der Waals surface area contributed by atoms with E-state index in [2.05, 4.69) is 37.2 Å². The van der Waals surface area contributed by atoms with Gasteiger partial charge in [-0.3, -0.25) is 19.2 Å². The van der Waals surface area contributed by atoms with E-state index in [0.29, 0.717) is 76.9 Å². The summed E-state index contributed by atoms with van der Waals surface area (Å²) in [6.45, 7) is 12.7. The fourth-order valence-corrected chi connectivity index (χ4v) is 20.0. The number of benzene rings is 4. The summed E-state index contributed by atoms with van der Waals surface area (Å²) >= 11 is 0. The molecule has 4 saturated heterocycles. The van der Waals surface area contributed by atoms with Crippen LogP contribution in [0.1, 0.15) is 202 Å². The van der Waals surface area contributed by atoms with E-state index in [1.54, 1.807) is 18.7 Å². The van der Waals surface area contributed by atoms with Gasteiger partial charge in [0, 0.05) is 104 Å². The molecule has 4 aromatic heterocycles. The Morgan fingerprint density at radius 1 is 0.426 bits per heavy atom. The number of likely N-dealkylation sites (tertiary alicyclic amines) is 4. The molecule has 10 fully saturated rings. The van der Waals surface area contributed by atoms with E-state index >= 15 is 0 Å². The number of nitrogens with zero attached hydrogens (tertiary/aromatic N) is 10. The molecule has 0 spiro atoms. The van der Waals surface area contributed by atoms with Crippen molar-refractivity contribution in [2.45, 2.75) is 226 Å². The van der Waals surface area contributed by atoms with Crippen molar-refractivity contribution in [3.63, 3.8) is 0 Å². The molecule has 18 rings (SSSR count). The molecule has 0 bridgehead atoms. The van der Waals surface area contributed by atoms with Crippen LogP contribution in [0, 0.1) is 23.7 Å². The van der Waals surface area contributed by atoms with Crippen molar-refractivity contribution in [2.24, 2.45) is 23.7 Å². The number of amides is 4. The highest BCUT2D eigenvalue weighted by atomic mass is 32.2. The summed E-state index contributed by atoms with van der Waals surface area (Å²) in [4.78, 5) is 70.8. The average molecular weight is 2010 g/mol. The van der Waals surface area contributed by atoms with Crippen LogP contribution in [0.4, 0.5) is 65.9 Å². The van der Waals surface area contributed by atoms with Gasteiger partial charge in [-0.05, 0) is 182 Å². The number of sulfone groups is 4. The van der Waals surface area contributed by atoms with Crippen molar-refractivity contribution < 1.29 is 155 Å². The van der Waals surface area contributed by atoms with Crippen LogP contribution in [-0.4, -0.2) is 233 Å². The quantitative estimate of drug-likeness (QED) is 0.0480. The first-order valence-corrected chi connectivity index (χ1v) is 50.3. The zero-order chi connectivity index (χ0) is 99.9. The molecule has 4 aliphatic heterocycles. The number of hydrogen-bond donors (Lipinski definition) is 0. The van der Waals surface area contributed by atoms with Crippen molar-refractivity contribution in [1.29, 1.82) is 0 Å². The topological polar surface area (TPSA) is 385 Å². The maximum Gasteiger partial charge on any atom is 0.451 e. The third-order valence-electron chi connectivity index (χ3n) is 27.0. The Hall–Kier alpha value is -10.6. The number of ether oxygens (including phenoxy) is 4. The third-order valence-corrected chi connectivity index (χ3v) is 31.4. The van der Waals surface area contributed by atoms with Gasteiger partial charge in [0.25, 0.3) is 41.4 Å². The Morgan fingerprint density at radius 3 is 1.08 bits per heavy atom. The SMILES string of the molecule is CC(C)Oc1ccc(S(C)(=O)=O)cc1C(=O)N1CC2CC2(c2nc(C(F)(F)F)co2)C1.CC(Oc1ccc(S(C)(=O)=O)cc1C(=O)N1CC2CC2(c2ncc(C(F)(F)F)o2)C1)C(C)(F)F.CC(Oc1ccc(S(C)(=O)=O)cc1C(=O)N1CC2CC2(c2nnc(C3(C(F)(F)F)CC3)o2)C1)C(C)(F)F.CC(Oc1ccc(S(C)(=O)=O)cc1C(=O)N1CC2CC2(c2noc(C3(C)CC3)n2)C1)C(C)(F)F. The van der Waals surface area contributed by atoms with Gasteiger partial charge in [0.15, 0.2) is 69.2 Å². The third kappa shape index (κ3) is 19.7. The first-order chi connectivity index (χ1) is 62.5. The maximum atomic E-state index is 13.8. The van der Waals surface area contributed by atoms with Gasteiger partial charge in [0.1, 0.15) is 34.7 Å². The largest absolute Gasteiger partial charge is 0.490 e. The summed E-state index contributed by atoms with van der Waals surface area (Å²) in [5.41, 5.74) is -6.50. The molecule has 4 aromatic carbocycles. The monoisotopic (exact) mass is 2010 g/mol. The van der Waals surface area contributed by atoms with Crippen LogP contribution in [0.25, 0.3) is 0 Å². The molecule has 10 aliphatic rings. The standard InChI is InChI=1S/C23H24F5N3O5S.C23H27F2N3O5S.C21H21F5N2O5S.C20H21F3N2O5S/c1-12(20(2,24)25)35-16-5-4-14(37(3,33)34)8-15(16)17(32)31-10-13-9-21(13,11-31)18-29-30-19(36-18)22(6-7-22)23(26,27)28;1-13(22(3,24)25)32-17-6-5-15(34(4,30)31)9-16(17)18(29)28-11-14-10-23(14,12-28)19-26-20(33-27-19)21(2)7-8-21;1-11(19(2,22)23)32-15-5-4-13(34(3,30)31)6-14(15)17(29)28-9-12-7-20(12,10-28)18-27-8-16(33-18)21(24,25)26;1-11(2)30-15-5-4-13(31(3,27)28)6-14(15)17(26)25-8-12-7-19(12,10-25)18-24-16(9-29-18)20(21,22)23/h4-5,8,12-13H,6-7,9-11H2,1-3H3;5-6,9,13-14H,7-8,10-12H2,1-4H3;4-6,8,11-12H,7,9-10H2,1-3H3;4-6,9,11-12H,7-8,10H2,1-3H3. The van der Waals surface area contributed by atoms with Crippen molar-refractivity contribution in [3.05, 3.63) is 154 Å². The van der Waals surface area contributed by atoms with Crippen LogP contribution < -0.4 is 18.9 Å². The fraction of sp³-hybridized carbons (Fsp3) is 0.563. The smallest absolute Gasteiger partial charge is 0.451 e. The Kier molecular flexibility index (Phi) is 24.7. The second-order valence-corrected chi connectivity index (χ2v) is 46.1. The van der Waals surface area contributed by atoms with Gasteiger partial charge in [-0.2, -0.15) is 44.5 Å². The Balaban J connectivity index is 0.000000138. The lowest BCUT2D eigenvalue weighted by Gasteiger charge is -2.25. The number of alkyl halides is 15. The van der Waals surface area contributed by atoms with E-state index in [9.17, 15) is 119 Å². The van der Waals surface area contributed by atoms with E-state index in [1.807, 2.05) is 0 Å². The molecular formula is C87H93F15N10O20S4. The molecule has 136 heavy (non-hydrogen) atoms. The van der Waals surface area contributed by atoms with E-state index in [0.717, 1.165) is 95.4 Å². The molecule has 0 N–H and O–H groups in total. The molecule has 6 aliphatic carbocycles. The van der Waals surface area contributed by atoms with Crippen molar-refractivity contribution in [2.75, 3.05) is 77.4 Å². The number of oxazole rings is 2. The number of halogens is 15. The Morgan fingerprint density at radius 2 is 0.765 bits per heavy atom. The fourth-order valence-electron chi connectivity index (χ4n) is 17.4. The van der Waals surface area contributed by atoms with Crippen LogP contribution in [0.5, 0.6) is 23.0 Å². The first kappa shape index (κ1) is 99.9. The minimum Gasteiger partial charge on any atom is -0.490 e. The molecule has 49 heteroatoms. The van der Waals surface area contributed by atoms with E-state index in [-0.39, 0.29) is 169 Å². The van der Waals surface area contributed by atoms with Crippen LogP contribution in [-0.2, 0) is 84.2 Å². The number of carbonyl (C=O) groups is 4. The Labute approximate surface area is 769 Å². The highest BCUT2D eigenvalue weighted by Crippen LogP contribution is 2.65. The molecule has 8 aromatic rings. The summed E-state index contributed by atoms with van der Waals surface area (Å²) in [6, 6.07) is 14.6. The second kappa shape index (κ2) is 33.6. The Bertz CT molecular complexity index is 6380. The number of rotatable bonds is 25. The summed E-state index contributed by atoms with van der Waals surface area (Å²) in [5, 5.41) is 11.8. The van der Waals surface area contributed by atoms with Gasteiger partial charge in [-0.15, -0.1) is 10.2 Å². The molecule has 11 atom stereocenters. The minimum absolute atomic E-state index is 0.0175. The second-order valence-electron chi connectivity index (χ2n) is 38.0. The van der Waals surface area contributed by atoms with Gasteiger partial charge in [0.05, 0.1) is 75.8 Å². The van der Waals surface area contributed by atoms with Crippen LogP contribution in [0.3, 0.4) is 0 Å². The molecular weight excluding hydrogens is 1920 g/mol. The lowest BCUT2D eigenvalue weighted by atomic mass is 10.1. The maximum absolute atomic E-state index is 13.8. The van der Waals surface area contributed by atoms with Gasteiger partial charge in [-0.1, -0.05) is 12.1 Å². The predicted molar refractivity (Wildman–Crippen MR) is 444 cm³/mol. The average Bonchev–Trinajstić information content (AvgIpc) is 1.58. The number of piperidine rings is 4. The minimum atomic E-state index is -4.70. The van der Waals surface area contributed by atoms with Gasteiger partial charge < -0.3 is 56.3 Å². The highest BCUT2D eigenvalue weighted by molar-refractivity contribution is 7.91. The lowest BCUT2D eigenvalue weighted by Crippen LogP contribution is -2.35. The number of fused-ring (bicyclic) bond motifs is 4. The molecule has 4 amide bonds. The van der Waals surface area contributed by atoms with Crippen LogP contribution in [0.2, 0.25) is 0 Å². The van der Waals surface area contributed by atoms with Crippen LogP contribution in [0.15, 0.2) is 123 Å². The van der Waals surface area contributed by atoms with Gasteiger partial charge in [0.2, 0.25) is 35.2 Å². The molecule has 30 nitrogen and oxygen atoms in total. The normalized spacial score (nSPS) is 24.7. The molecule has 0 radical (unpaired) electrons. The predicted octanol–water partition coefficient (Wildman–Crippen LogP) is 14.5. The molecule has 740 valence electrons. The summed E-state index contributed by atoms with van der Waals surface area (Å²) in [6.07, 6.45) is -9.51.